The van der Waals surface area contributed by atoms with Crippen LogP contribution in [0.5, 0.6) is 0 Å². The first-order valence-corrected chi connectivity index (χ1v) is 8.10. The maximum atomic E-state index is 12.2. The van der Waals surface area contributed by atoms with E-state index in [-0.39, 0.29) is 23.8 Å². The van der Waals surface area contributed by atoms with Crippen molar-refractivity contribution in [3.05, 3.63) is 47.9 Å². The third kappa shape index (κ3) is 3.27. The highest BCUT2D eigenvalue weighted by molar-refractivity contribution is 6.05. The smallest absolute Gasteiger partial charge is 0.251 e. The van der Waals surface area contributed by atoms with Crippen LogP contribution in [0.3, 0.4) is 0 Å². The van der Waals surface area contributed by atoms with Crippen LogP contribution in [0.4, 0.5) is 11.4 Å². The lowest BCUT2D eigenvalue weighted by atomic mass is 9.95. The van der Waals surface area contributed by atoms with Gasteiger partial charge in [-0.3, -0.25) is 9.59 Å². The van der Waals surface area contributed by atoms with E-state index in [1.54, 1.807) is 30.5 Å². The molecular formula is C18H21N3O3. The van der Waals surface area contributed by atoms with Crippen molar-refractivity contribution in [1.29, 1.82) is 0 Å². The van der Waals surface area contributed by atoms with Gasteiger partial charge in [0.25, 0.3) is 5.91 Å². The summed E-state index contributed by atoms with van der Waals surface area (Å²) < 4.78 is 5.19. The van der Waals surface area contributed by atoms with E-state index in [4.69, 9.17) is 4.42 Å². The molecular weight excluding hydrogens is 306 g/mol. The Morgan fingerprint density at radius 3 is 2.88 bits per heavy atom. The van der Waals surface area contributed by atoms with Crippen molar-refractivity contribution in [2.75, 3.05) is 10.6 Å². The lowest BCUT2D eigenvalue weighted by molar-refractivity contribution is -0.118. The van der Waals surface area contributed by atoms with Crippen LogP contribution in [0.25, 0.3) is 0 Å². The first-order chi connectivity index (χ1) is 11.6. The molecule has 1 aliphatic heterocycles. The molecule has 0 spiro atoms. The molecule has 2 unspecified atom stereocenters. The van der Waals surface area contributed by atoms with Gasteiger partial charge < -0.3 is 20.4 Å². The Labute approximate surface area is 140 Å². The largest absolute Gasteiger partial charge is 0.467 e. The summed E-state index contributed by atoms with van der Waals surface area (Å²) in [5, 5.41) is 8.94. The number of rotatable bonds is 5. The summed E-state index contributed by atoms with van der Waals surface area (Å²) in [5.41, 5.74) is 1.96. The standard InChI is InChI=1S/C18H21N3O3/c1-3-11(2)16-18(23)21-15-9-12(6-7-14(15)20-16)17(22)19-10-13-5-4-8-24-13/h4-9,11,16,20H,3,10H2,1-2H3,(H,19,22)(H,21,23). The molecule has 3 N–H and O–H groups in total. The predicted octanol–water partition coefficient (Wildman–Crippen LogP) is 2.99. The molecule has 0 saturated heterocycles. The Kier molecular flexibility index (Phi) is 4.55. The van der Waals surface area contributed by atoms with Gasteiger partial charge in [0.1, 0.15) is 11.8 Å². The minimum absolute atomic E-state index is 0.0648. The van der Waals surface area contributed by atoms with Gasteiger partial charge in [0.2, 0.25) is 5.91 Å². The third-order valence-electron chi connectivity index (χ3n) is 4.35. The summed E-state index contributed by atoms with van der Waals surface area (Å²) >= 11 is 0. The normalized spacial score (nSPS) is 17.4. The average Bonchev–Trinajstić information content (AvgIpc) is 3.11. The highest BCUT2D eigenvalue weighted by Crippen LogP contribution is 2.30. The van der Waals surface area contributed by atoms with Gasteiger partial charge in [0.15, 0.2) is 0 Å². The summed E-state index contributed by atoms with van der Waals surface area (Å²) in [5.74, 6) is 0.639. The van der Waals surface area contributed by atoms with Crippen molar-refractivity contribution in [2.45, 2.75) is 32.9 Å². The molecule has 1 aliphatic rings. The van der Waals surface area contributed by atoms with E-state index in [9.17, 15) is 9.59 Å². The van der Waals surface area contributed by atoms with Gasteiger partial charge in [-0.05, 0) is 36.2 Å². The van der Waals surface area contributed by atoms with E-state index in [0.29, 0.717) is 23.6 Å². The maximum absolute atomic E-state index is 12.2. The lowest BCUT2D eigenvalue weighted by Crippen LogP contribution is -2.43. The Bertz CT molecular complexity index is 740. The van der Waals surface area contributed by atoms with E-state index in [1.807, 2.05) is 13.0 Å². The number of amides is 2. The zero-order valence-electron chi connectivity index (χ0n) is 13.8. The van der Waals surface area contributed by atoms with Crippen LogP contribution in [0.2, 0.25) is 0 Å². The van der Waals surface area contributed by atoms with Crippen molar-refractivity contribution in [2.24, 2.45) is 5.92 Å². The van der Waals surface area contributed by atoms with Crippen molar-refractivity contribution >= 4 is 23.2 Å². The van der Waals surface area contributed by atoms with Crippen molar-refractivity contribution < 1.29 is 14.0 Å². The number of nitrogens with one attached hydrogen (secondary N) is 3. The zero-order chi connectivity index (χ0) is 17.1. The molecule has 6 heteroatoms. The first kappa shape index (κ1) is 16.1. The fraction of sp³-hybridized carbons (Fsp3) is 0.333. The van der Waals surface area contributed by atoms with Gasteiger partial charge in [0, 0.05) is 5.56 Å². The van der Waals surface area contributed by atoms with Gasteiger partial charge in [-0.25, -0.2) is 0 Å². The van der Waals surface area contributed by atoms with Gasteiger partial charge in [-0.15, -0.1) is 0 Å². The van der Waals surface area contributed by atoms with E-state index in [1.165, 1.54) is 0 Å². The van der Waals surface area contributed by atoms with Crippen LogP contribution in [0, 0.1) is 5.92 Å². The van der Waals surface area contributed by atoms with Crippen LogP contribution >= 0.6 is 0 Å². The van der Waals surface area contributed by atoms with Crippen molar-refractivity contribution in [3.8, 4) is 0 Å². The molecule has 0 saturated carbocycles. The second kappa shape index (κ2) is 6.78. The second-order valence-electron chi connectivity index (χ2n) is 6.02. The van der Waals surface area contributed by atoms with Crippen molar-refractivity contribution in [3.63, 3.8) is 0 Å². The third-order valence-corrected chi connectivity index (χ3v) is 4.35. The number of carbonyl (C=O) groups excluding carboxylic acids is 2. The molecule has 1 aromatic carbocycles. The minimum atomic E-state index is -0.249. The van der Waals surface area contributed by atoms with Crippen LogP contribution in [0.1, 0.15) is 36.4 Å². The molecule has 126 valence electrons. The molecule has 2 heterocycles. The van der Waals surface area contributed by atoms with Crippen LogP contribution in [-0.2, 0) is 11.3 Å². The number of carbonyl (C=O) groups is 2. The summed E-state index contributed by atoms with van der Waals surface area (Å²) in [7, 11) is 0. The summed E-state index contributed by atoms with van der Waals surface area (Å²) in [6, 6.07) is 8.58. The number of fused-ring (bicyclic) bond motifs is 1. The van der Waals surface area contributed by atoms with E-state index in [0.717, 1.165) is 12.1 Å². The van der Waals surface area contributed by atoms with E-state index in [2.05, 4.69) is 22.9 Å². The summed E-state index contributed by atoms with van der Waals surface area (Å²) in [6.45, 7) is 4.42. The highest BCUT2D eigenvalue weighted by atomic mass is 16.3. The molecule has 2 amide bonds. The molecule has 6 nitrogen and oxygen atoms in total. The molecule has 3 rings (SSSR count). The molecule has 2 atom stereocenters. The van der Waals surface area contributed by atoms with Crippen molar-refractivity contribution in [1.82, 2.24) is 5.32 Å². The van der Waals surface area contributed by atoms with Crippen LogP contribution < -0.4 is 16.0 Å². The number of anilines is 2. The number of furan rings is 1. The maximum Gasteiger partial charge on any atom is 0.251 e. The predicted molar refractivity (Wildman–Crippen MR) is 91.8 cm³/mol. The average molecular weight is 327 g/mol. The molecule has 1 aromatic heterocycles. The van der Waals surface area contributed by atoms with E-state index >= 15 is 0 Å². The Morgan fingerprint density at radius 1 is 1.33 bits per heavy atom. The Balaban J connectivity index is 1.71. The molecule has 0 fully saturated rings. The molecule has 0 aliphatic carbocycles. The summed E-state index contributed by atoms with van der Waals surface area (Å²) in [4.78, 5) is 24.5. The quantitative estimate of drug-likeness (QED) is 0.788. The van der Waals surface area contributed by atoms with Gasteiger partial charge in [0.05, 0.1) is 24.2 Å². The minimum Gasteiger partial charge on any atom is -0.467 e. The fourth-order valence-corrected chi connectivity index (χ4v) is 2.68. The number of benzene rings is 1. The van der Waals surface area contributed by atoms with Crippen LogP contribution in [-0.4, -0.2) is 17.9 Å². The second-order valence-corrected chi connectivity index (χ2v) is 6.02. The van der Waals surface area contributed by atoms with Crippen LogP contribution in [0.15, 0.2) is 41.0 Å². The number of hydrogen-bond donors (Lipinski definition) is 3. The van der Waals surface area contributed by atoms with Gasteiger partial charge in [-0.1, -0.05) is 20.3 Å². The SMILES string of the molecule is CCC(C)C1Nc2ccc(C(=O)NCc3ccco3)cc2NC1=O. The Hall–Kier alpha value is -2.76. The van der Waals surface area contributed by atoms with E-state index < -0.39 is 0 Å². The first-order valence-electron chi connectivity index (χ1n) is 8.10. The summed E-state index contributed by atoms with van der Waals surface area (Å²) in [6.07, 6.45) is 2.48. The monoisotopic (exact) mass is 327 g/mol. The fourth-order valence-electron chi connectivity index (χ4n) is 2.68. The van der Waals surface area contributed by atoms with Gasteiger partial charge >= 0.3 is 0 Å². The Morgan fingerprint density at radius 2 is 2.17 bits per heavy atom. The number of hydrogen-bond acceptors (Lipinski definition) is 4. The molecule has 24 heavy (non-hydrogen) atoms. The molecule has 0 radical (unpaired) electrons. The zero-order valence-corrected chi connectivity index (χ0v) is 13.8. The molecule has 2 aromatic rings. The lowest BCUT2D eigenvalue weighted by Gasteiger charge is -2.30. The highest BCUT2D eigenvalue weighted by Gasteiger charge is 2.29. The van der Waals surface area contributed by atoms with Gasteiger partial charge in [-0.2, -0.15) is 0 Å². The molecule has 0 bridgehead atoms. The topological polar surface area (TPSA) is 83.4 Å².